The van der Waals surface area contributed by atoms with E-state index in [0.717, 1.165) is 27.4 Å². The molecule has 80 valence electrons. The molecule has 0 atom stereocenters. The number of nitrogens with zero attached hydrogens (tertiary/aromatic N) is 2. The van der Waals surface area contributed by atoms with Gasteiger partial charge in [-0.25, -0.2) is 0 Å². The van der Waals surface area contributed by atoms with E-state index < -0.39 is 0 Å². The Morgan fingerprint density at radius 3 is 2.73 bits per heavy atom. The number of thiophene rings is 1. The highest BCUT2D eigenvalue weighted by molar-refractivity contribution is 9.10. The highest BCUT2D eigenvalue weighted by Gasteiger charge is 2.10. The van der Waals surface area contributed by atoms with E-state index in [2.05, 4.69) is 26.4 Å². The largest absolute Gasteiger partial charge is 0.263 e. The molecular weight excluding hydrogens is 296 g/mol. The van der Waals surface area contributed by atoms with Crippen LogP contribution in [0.5, 0.6) is 0 Å². The first-order valence-corrected chi connectivity index (χ1v) is 6.56. The molecule has 0 aliphatic heterocycles. The fourth-order valence-electron chi connectivity index (χ4n) is 1.40. The zero-order valence-electron chi connectivity index (χ0n) is 8.42. The van der Waals surface area contributed by atoms with E-state index in [1.165, 1.54) is 4.88 Å². The van der Waals surface area contributed by atoms with Gasteiger partial charge in [-0.2, -0.15) is 5.10 Å². The van der Waals surface area contributed by atoms with Crippen molar-refractivity contribution in [2.45, 2.75) is 20.4 Å². The van der Waals surface area contributed by atoms with Crippen molar-refractivity contribution in [3.63, 3.8) is 0 Å². The van der Waals surface area contributed by atoms with Crippen LogP contribution in [-0.4, -0.2) is 9.78 Å². The van der Waals surface area contributed by atoms with Crippen molar-refractivity contribution in [3.8, 4) is 0 Å². The van der Waals surface area contributed by atoms with Crippen LogP contribution in [0.4, 0.5) is 0 Å². The Morgan fingerprint density at radius 1 is 1.53 bits per heavy atom. The summed E-state index contributed by atoms with van der Waals surface area (Å²) in [5.41, 5.74) is 1.91. The van der Waals surface area contributed by atoms with E-state index in [1.807, 2.05) is 24.6 Å². The molecule has 2 aromatic rings. The molecule has 0 fully saturated rings. The first kappa shape index (κ1) is 11.2. The second kappa shape index (κ2) is 4.28. The number of aryl methyl sites for hydroxylation is 1. The Bertz CT molecular complexity index is 490. The summed E-state index contributed by atoms with van der Waals surface area (Å²) in [5, 5.41) is 7.22. The van der Waals surface area contributed by atoms with Gasteiger partial charge in [0.05, 0.1) is 23.0 Å². The minimum atomic E-state index is 0.766. The van der Waals surface area contributed by atoms with Crippen LogP contribution in [-0.2, 0) is 6.54 Å². The number of hydrogen-bond acceptors (Lipinski definition) is 2. The topological polar surface area (TPSA) is 17.8 Å². The summed E-state index contributed by atoms with van der Waals surface area (Å²) in [6.45, 7) is 4.69. The maximum Gasteiger partial charge on any atom is 0.0844 e. The third-order valence-corrected chi connectivity index (χ3v) is 4.74. The summed E-state index contributed by atoms with van der Waals surface area (Å²) in [6.07, 6.45) is 0. The van der Waals surface area contributed by atoms with Crippen LogP contribution in [0, 0.1) is 13.8 Å². The van der Waals surface area contributed by atoms with Gasteiger partial charge in [-0.05, 0) is 41.2 Å². The van der Waals surface area contributed by atoms with Crippen LogP contribution in [0.25, 0.3) is 0 Å². The second-order valence-electron chi connectivity index (χ2n) is 3.33. The molecule has 0 aromatic carbocycles. The van der Waals surface area contributed by atoms with Crippen LogP contribution < -0.4 is 0 Å². The van der Waals surface area contributed by atoms with Gasteiger partial charge in [-0.3, -0.25) is 4.68 Å². The van der Waals surface area contributed by atoms with Crippen molar-refractivity contribution >= 4 is 38.9 Å². The molecule has 0 bridgehead atoms. The Kier molecular flexibility index (Phi) is 3.19. The van der Waals surface area contributed by atoms with Crippen LogP contribution >= 0.6 is 38.9 Å². The van der Waals surface area contributed by atoms with E-state index in [9.17, 15) is 0 Å². The van der Waals surface area contributed by atoms with E-state index in [4.69, 9.17) is 11.6 Å². The maximum absolute atomic E-state index is 6.09. The van der Waals surface area contributed by atoms with Gasteiger partial charge in [-0.1, -0.05) is 11.6 Å². The van der Waals surface area contributed by atoms with Crippen LogP contribution in [0.2, 0.25) is 5.02 Å². The monoisotopic (exact) mass is 304 g/mol. The van der Waals surface area contributed by atoms with Crippen LogP contribution in [0.1, 0.15) is 16.3 Å². The van der Waals surface area contributed by atoms with Gasteiger partial charge in [0.2, 0.25) is 0 Å². The lowest BCUT2D eigenvalue weighted by atomic mass is 10.4. The third kappa shape index (κ3) is 2.12. The summed E-state index contributed by atoms with van der Waals surface area (Å²) in [6, 6.07) is 2.05. The minimum Gasteiger partial charge on any atom is -0.263 e. The standard InChI is InChI=1S/C10H10BrClN2S/c1-6-10(12)7(2)14(13-6)5-9-8(11)3-4-15-9/h3-4H,5H2,1-2H3. The van der Waals surface area contributed by atoms with Crippen molar-refractivity contribution < 1.29 is 0 Å². The van der Waals surface area contributed by atoms with Crippen molar-refractivity contribution in [1.82, 2.24) is 9.78 Å². The zero-order chi connectivity index (χ0) is 11.0. The van der Waals surface area contributed by atoms with Gasteiger partial charge < -0.3 is 0 Å². The van der Waals surface area contributed by atoms with Crippen LogP contribution in [0.3, 0.4) is 0 Å². The molecule has 0 amide bonds. The summed E-state index contributed by atoms with van der Waals surface area (Å²) >= 11 is 11.3. The molecule has 15 heavy (non-hydrogen) atoms. The molecule has 0 unspecified atom stereocenters. The predicted octanol–water partition coefficient (Wildman–Crippen LogP) is 4.03. The maximum atomic E-state index is 6.09. The van der Waals surface area contributed by atoms with E-state index in [1.54, 1.807) is 11.3 Å². The Labute approximate surface area is 106 Å². The highest BCUT2D eigenvalue weighted by Crippen LogP contribution is 2.26. The van der Waals surface area contributed by atoms with Crippen molar-refractivity contribution in [2.24, 2.45) is 0 Å². The molecule has 0 aliphatic rings. The Hall–Kier alpha value is -0.320. The lowest BCUT2D eigenvalue weighted by Crippen LogP contribution is -2.02. The summed E-state index contributed by atoms with van der Waals surface area (Å²) < 4.78 is 3.07. The fraction of sp³-hybridized carbons (Fsp3) is 0.300. The minimum absolute atomic E-state index is 0.766. The average Bonchev–Trinajstić information content (AvgIpc) is 2.69. The lowest BCUT2D eigenvalue weighted by Gasteiger charge is -2.02. The number of aromatic nitrogens is 2. The molecular formula is C10H10BrClN2S. The lowest BCUT2D eigenvalue weighted by molar-refractivity contribution is 0.664. The molecule has 5 heteroatoms. The van der Waals surface area contributed by atoms with E-state index in [0.29, 0.717) is 0 Å². The summed E-state index contributed by atoms with van der Waals surface area (Å²) in [7, 11) is 0. The van der Waals surface area contributed by atoms with Crippen molar-refractivity contribution in [3.05, 3.63) is 37.2 Å². The first-order valence-electron chi connectivity index (χ1n) is 4.51. The van der Waals surface area contributed by atoms with Gasteiger partial charge in [0.25, 0.3) is 0 Å². The Morgan fingerprint density at radius 2 is 2.27 bits per heavy atom. The highest BCUT2D eigenvalue weighted by atomic mass is 79.9. The van der Waals surface area contributed by atoms with Gasteiger partial charge in [0.1, 0.15) is 0 Å². The quantitative estimate of drug-likeness (QED) is 0.819. The van der Waals surface area contributed by atoms with Gasteiger partial charge in [-0.15, -0.1) is 11.3 Å². The first-order chi connectivity index (χ1) is 7.09. The molecule has 0 spiro atoms. The molecule has 0 saturated carbocycles. The Balaban J connectivity index is 2.33. The zero-order valence-corrected chi connectivity index (χ0v) is 11.6. The molecule has 0 aliphatic carbocycles. The molecule has 2 rings (SSSR count). The molecule has 0 saturated heterocycles. The molecule has 2 heterocycles. The number of halogens is 2. The number of hydrogen-bond donors (Lipinski definition) is 0. The van der Waals surface area contributed by atoms with Crippen molar-refractivity contribution in [2.75, 3.05) is 0 Å². The molecule has 0 N–H and O–H groups in total. The number of rotatable bonds is 2. The van der Waals surface area contributed by atoms with Crippen LogP contribution in [0.15, 0.2) is 15.9 Å². The SMILES string of the molecule is Cc1nn(Cc2sccc2Br)c(C)c1Cl. The van der Waals surface area contributed by atoms with E-state index >= 15 is 0 Å². The summed E-state index contributed by atoms with van der Waals surface area (Å²) in [5.74, 6) is 0. The predicted molar refractivity (Wildman–Crippen MR) is 67.8 cm³/mol. The summed E-state index contributed by atoms with van der Waals surface area (Å²) in [4.78, 5) is 1.26. The smallest absolute Gasteiger partial charge is 0.0844 e. The molecule has 2 aromatic heterocycles. The van der Waals surface area contributed by atoms with Gasteiger partial charge >= 0.3 is 0 Å². The molecule has 0 radical (unpaired) electrons. The average molecular weight is 306 g/mol. The second-order valence-corrected chi connectivity index (χ2v) is 5.57. The molecule has 2 nitrogen and oxygen atoms in total. The third-order valence-electron chi connectivity index (χ3n) is 2.28. The van der Waals surface area contributed by atoms with Crippen molar-refractivity contribution in [1.29, 1.82) is 0 Å². The van der Waals surface area contributed by atoms with Gasteiger partial charge in [0.15, 0.2) is 0 Å². The van der Waals surface area contributed by atoms with Gasteiger partial charge in [0, 0.05) is 9.35 Å². The normalized spacial score (nSPS) is 10.9. The van der Waals surface area contributed by atoms with E-state index in [-0.39, 0.29) is 0 Å². The fourth-order valence-corrected chi connectivity index (χ4v) is 3.00.